The Balaban J connectivity index is 0.000000845. The molecule has 5 rings (SSSR count). The standard InChI is InChI=1S/C11H9.C9H8N.2ClH.Ti/c1-2-4-10-8(3-1)7-9-5-6-11(9)10;1-7-6-10-9-5-3-2-4-8(7)9;;;/h1-4,11H,5-6H2;2-5,10H,1H3;2*1H;/q;;;;+2/p-2. The quantitative estimate of drug-likeness (QED) is 0.513. The first-order valence-corrected chi connectivity index (χ1v) is 9.56. The number of para-hydroxylation sites is 1. The fourth-order valence-corrected chi connectivity index (χ4v) is 6.44. The Bertz CT molecular complexity index is 942. The number of fused-ring (bicyclic) bond motifs is 4. The summed E-state index contributed by atoms with van der Waals surface area (Å²) in [5.41, 5.74) is 7.65. The second-order valence-electron chi connectivity index (χ2n) is 6.37. The molecule has 3 aromatic rings. The van der Waals surface area contributed by atoms with Gasteiger partial charge in [0.05, 0.1) is 0 Å². The number of nitrogens with one attached hydrogen (secondary N) is 1. The number of rotatable bonds is 2. The zero-order valence-corrected chi connectivity index (χ0v) is 16.4. The minimum atomic E-state index is -0.288. The second-order valence-corrected chi connectivity index (χ2v) is 8.33. The molecule has 0 amide bonds. The van der Waals surface area contributed by atoms with Gasteiger partial charge in [0, 0.05) is 0 Å². The molecule has 0 radical (unpaired) electrons. The molecule has 1 fully saturated rings. The van der Waals surface area contributed by atoms with E-state index in [1.165, 1.54) is 33.3 Å². The van der Waals surface area contributed by atoms with Gasteiger partial charge in [0.15, 0.2) is 0 Å². The van der Waals surface area contributed by atoms with Gasteiger partial charge >= 0.3 is 139 Å². The van der Waals surface area contributed by atoms with Crippen LogP contribution >= 0.6 is 0 Å². The third kappa shape index (κ3) is 2.50. The van der Waals surface area contributed by atoms with Crippen molar-refractivity contribution in [2.24, 2.45) is 0 Å². The van der Waals surface area contributed by atoms with E-state index in [1.54, 1.807) is 20.6 Å². The van der Waals surface area contributed by atoms with Crippen LogP contribution in [0, 0.1) is 6.92 Å². The molecular formula is C20H17Cl2NTi. The molecule has 1 aromatic heterocycles. The molecule has 1 unspecified atom stereocenters. The number of allylic oxidation sites excluding steroid dienone is 1. The van der Waals surface area contributed by atoms with Gasteiger partial charge in [-0.3, -0.25) is 0 Å². The maximum Gasteiger partial charge on any atom is -1.00 e. The van der Waals surface area contributed by atoms with E-state index < -0.39 is 0 Å². The third-order valence-electron chi connectivity index (χ3n) is 5.27. The smallest absolute Gasteiger partial charge is 1.00 e. The first-order chi connectivity index (χ1) is 10.8. The van der Waals surface area contributed by atoms with Crippen LogP contribution in [0.2, 0.25) is 0 Å². The van der Waals surface area contributed by atoms with Crippen LogP contribution in [-0.4, -0.2) is 4.98 Å². The summed E-state index contributed by atoms with van der Waals surface area (Å²) in [6, 6.07) is 17.8. The van der Waals surface area contributed by atoms with E-state index in [4.69, 9.17) is 0 Å². The predicted molar refractivity (Wildman–Crippen MR) is 88.0 cm³/mol. The van der Waals surface area contributed by atoms with Gasteiger partial charge in [-0.1, -0.05) is 0 Å². The van der Waals surface area contributed by atoms with Crippen molar-refractivity contribution < 1.29 is 44.0 Å². The normalized spacial score (nSPS) is 17.3. The fraction of sp³-hybridized carbons (Fsp3) is 0.200. The summed E-state index contributed by atoms with van der Waals surface area (Å²) in [6.07, 6.45) is 2.67. The average Bonchev–Trinajstić information content (AvgIpc) is 2.93. The molecule has 1 atom stereocenters. The van der Waals surface area contributed by atoms with Gasteiger partial charge in [0.2, 0.25) is 0 Å². The summed E-state index contributed by atoms with van der Waals surface area (Å²) in [5.74, 6) is 0.750. The number of aromatic amines is 1. The summed E-state index contributed by atoms with van der Waals surface area (Å²) < 4.78 is 3.22. The number of hydrogen-bond donors (Lipinski definition) is 1. The molecule has 2 aliphatic rings. The molecule has 0 bridgehead atoms. The van der Waals surface area contributed by atoms with Gasteiger partial charge < -0.3 is 24.8 Å². The first kappa shape index (κ1) is 17.8. The maximum absolute atomic E-state index is 3.70. The summed E-state index contributed by atoms with van der Waals surface area (Å²) in [7, 11) is 0. The van der Waals surface area contributed by atoms with Gasteiger partial charge in [0.25, 0.3) is 0 Å². The summed E-state index contributed by atoms with van der Waals surface area (Å²) in [4.78, 5) is 3.70. The topological polar surface area (TPSA) is 15.8 Å². The van der Waals surface area contributed by atoms with Crippen molar-refractivity contribution in [2.45, 2.75) is 25.7 Å². The van der Waals surface area contributed by atoms with Crippen LogP contribution < -0.4 is 28.8 Å². The molecule has 24 heavy (non-hydrogen) atoms. The predicted octanol–water partition coefficient (Wildman–Crippen LogP) is -1.51. The Morgan fingerprint density at radius 3 is 2.50 bits per heavy atom. The molecule has 1 N–H and O–H groups in total. The molecular weight excluding hydrogens is 373 g/mol. The SMILES string of the molecule is Cc1[c]([Ti+2][C]2=C3CCC3c3ccccc32)[nH]c2ccccc12.[Cl-].[Cl-]. The van der Waals surface area contributed by atoms with Crippen LogP contribution in [0.3, 0.4) is 0 Å². The van der Waals surface area contributed by atoms with Crippen molar-refractivity contribution in [3.8, 4) is 0 Å². The zero-order valence-electron chi connectivity index (χ0n) is 13.4. The van der Waals surface area contributed by atoms with Crippen molar-refractivity contribution >= 4 is 18.8 Å². The molecule has 1 heterocycles. The van der Waals surface area contributed by atoms with Crippen molar-refractivity contribution in [3.05, 3.63) is 70.8 Å². The average molecular weight is 390 g/mol. The molecule has 2 aromatic carbocycles. The van der Waals surface area contributed by atoms with Crippen LogP contribution in [0.25, 0.3) is 14.8 Å². The van der Waals surface area contributed by atoms with Crippen molar-refractivity contribution in [2.75, 3.05) is 0 Å². The molecule has 0 aliphatic heterocycles. The Kier molecular flexibility index (Phi) is 5.00. The maximum atomic E-state index is 3.70. The molecule has 4 heteroatoms. The monoisotopic (exact) mass is 389 g/mol. The molecule has 2 aliphatic carbocycles. The number of benzene rings is 2. The third-order valence-corrected chi connectivity index (χ3v) is 7.75. The molecule has 1 saturated carbocycles. The summed E-state index contributed by atoms with van der Waals surface area (Å²) in [5, 5.41) is 1.39. The molecule has 0 saturated heterocycles. The van der Waals surface area contributed by atoms with Crippen molar-refractivity contribution in [1.29, 1.82) is 0 Å². The van der Waals surface area contributed by atoms with Crippen LogP contribution in [0.15, 0.2) is 54.1 Å². The molecule has 1 nitrogen and oxygen atoms in total. The van der Waals surface area contributed by atoms with Gasteiger partial charge in [-0.05, 0) is 0 Å². The van der Waals surface area contributed by atoms with E-state index >= 15 is 0 Å². The van der Waals surface area contributed by atoms with E-state index in [2.05, 4.69) is 60.4 Å². The number of aromatic nitrogens is 1. The first-order valence-electron chi connectivity index (χ1n) is 7.99. The Hall–Kier alpha value is -0.986. The van der Waals surface area contributed by atoms with Crippen molar-refractivity contribution in [1.82, 2.24) is 4.98 Å². The van der Waals surface area contributed by atoms with Gasteiger partial charge in [0.1, 0.15) is 0 Å². The van der Waals surface area contributed by atoms with E-state index in [-0.39, 0.29) is 44.0 Å². The number of halogens is 2. The van der Waals surface area contributed by atoms with Crippen LogP contribution in [-0.2, 0) is 19.2 Å². The zero-order chi connectivity index (χ0) is 14.7. The summed E-state index contributed by atoms with van der Waals surface area (Å²) in [6.45, 7) is 2.28. The largest absolute Gasteiger partial charge is 1.00 e. The molecule has 120 valence electrons. The van der Waals surface area contributed by atoms with E-state index in [1.807, 2.05) is 0 Å². The Morgan fingerprint density at radius 1 is 1.00 bits per heavy atom. The van der Waals surface area contributed by atoms with Gasteiger partial charge in [-0.15, -0.1) is 0 Å². The van der Waals surface area contributed by atoms with E-state index in [0.29, 0.717) is 0 Å². The number of H-pyrrole nitrogens is 1. The van der Waals surface area contributed by atoms with Gasteiger partial charge in [-0.25, -0.2) is 0 Å². The number of hydrogen-bond acceptors (Lipinski definition) is 0. The number of aryl methyl sites for hydroxylation is 1. The Labute approximate surface area is 163 Å². The van der Waals surface area contributed by atoms with Crippen LogP contribution in [0.5, 0.6) is 0 Å². The minimum absolute atomic E-state index is 0. The van der Waals surface area contributed by atoms with E-state index in [9.17, 15) is 0 Å². The summed E-state index contributed by atoms with van der Waals surface area (Å²) >= 11 is -0.288. The van der Waals surface area contributed by atoms with Crippen LogP contribution in [0.1, 0.15) is 35.4 Å². The second kappa shape index (κ2) is 6.73. The Morgan fingerprint density at radius 2 is 1.75 bits per heavy atom. The minimum Gasteiger partial charge on any atom is -1.00 e. The fourth-order valence-electron chi connectivity index (χ4n) is 3.96. The molecule has 0 spiro atoms. The van der Waals surface area contributed by atoms with Crippen LogP contribution in [0.4, 0.5) is 0 Å². The van der Waals surface area contributed by atoms with Gasteiger partial charge in [-0.2, -0.15) is 0 Å². The van der Waals surface area contributed by atoms with E-state index in [0.717, 1.165) is 5.92 Å². The van der Waals surface area contributed by atoms with Crippen molar-refractivity contribution in [3.63, 3.8) is 0 Å².